The SMILES string of the molecule is COc1cc(Oc2cc(F)cc(F)c2)ccc1-c1nnc(CO/N=C(/c2ccccc2)c2nnnn2C)o1. The molecule has 0 aliphatic carbocycles. The number of aromatic nitrogens is 6. The van der Waals surface area contributed by atoms with Gasteiger partial charge < -0.3 is 18.7 Å². The normalized spacial score (nSPS) is 11.4. The highest BCUT2D eigenvalue weighted by Crippen LogP contribution is 2.34. The van der Waals surface area contributed by atoms with Crippen molar-refractivity contribution in [3.8, 4) is 28.7 Å². The monoisotopic (exact) mass is 519 g/mol. The second-order valence-corrected chi connectivity index (χ2v) is 7.78. The van der Waals surface area contributed by atoms with E-state index < -0.39 is 11.6 Å². The van der Waals surface area contributed by atoms with Crippen LogP contribution in [0, 0.1) is 11.6 Å². The first kappa shape index (κ1) is 24.5. The van der Waals surface area contributed by atoms with E-state index in [2.05, 4.69) is 30.9 Å². The number of hydrogen-bond acceptors (Lipinski definition) is 10. The zero-order chi connectivity index (χ0) is 26.5. The number of rotatable bonds is 9. The van der Waals surface area contributed by atoms with Gasteiger partial charge in [-0.05, 0) is 22.6 Å². The quantitative estimate of drug-likeness (QED) is 0.207. The van der Waals surface area contributed by atoms with Gasteiger partial charge in [-0.3, -0.25) is 0 Å². The molecule has 0 unspecified atom stereocenters. The highest BCUT2D eigenvalue weighted by molar-refractivity contribution is 6.10. The summed E-state index contributed by atoms with van der Waals surface area (Å²) in [4.78, 5) is 5.50. The van der Waals surface area contributed by atoms with Crippen LogP contribution in [0.2, 0.25) is 0 Å². The Morgan fingerprint density at radius 2 is 1.74 bits per heavy atom. The van der Waals surface area contributed by atoms with Crippen LogP contribution in [0.15, 0.2) is 76.3 Å². The van der Waals surface area contributed by atoms with Crippen molar-refractivity contribution >= 4 is 5.71 Å². The summed E-state index contributed by atoms with van der Waals surface area (Å²) in [6.07, 6.45) is 0. The molecule has 0 amide bonds. The molecule has 0 bridgehead atoms. The molecule has 0 fully saturated rings. The highest BCUT2D eigenvalue weighted by atomic mass is 19.1. The Kier molecular flexibility index (Phi) is 6.97. The van der Waals surface area contributed by atoms with Gasteiger partial charge in [0.1, 0.15) is 28.9 Å². The van der Waals surface area contributed by atoms with E-state index in [9.17, 15) is 8.78 Å². The minimum atomic E-state index is -0.752. The van der Waals surface area contributed by atoms with Crippen LogP contribution < -0.4 is 9.47 Å². The number of tetrazole rings is 1. The number of hydrogen-bond donors (Lipinski definition) is 0. The third-order valence-electron chi connectivity index (χ3n) is 5.17. The third kappa shape index (κ3) is 5.46. The van der Waals surface area contributed by atoms with Crippen LogP contribution in [0.3, 0.4) is 0 Å². The number of halogens is 2. The molecule has 5 aromatic rings. The molecule has 13 heteroatoms. The summed E-state index contributed by atoms with van der Waals surface area (Å²) < 4.78 is 45.1. The van der Waals surface area contributed by atoms with E-state index in [0.717, 1.165) is 23.8 Å². The molecule has 0 aliphatic rings. The van der Waals surface area contributed by atoms with Crippen molar-refractivity contribution in [2.45, 2.75) is 6.61 Å². The lowest BCUT2D eigenvalue weighted by Gasteiger charge is -2.10. The second kappa shape index (κ2) is 10.8. The third-order valence-corrected chi connectivity index (χ3v) is 5.17. The highest BCUT2D eigenvalue weighted by Gasteiger charge is 2.17. The van der Waals surface area contributed by atoms with Crippen LogP contribution in [0.1, 0.15) is 17.3 Å². The lowest BCUT2D eigenvalue weighted by Crippen LogP contribution is -2.12. The maximum atomic E-state index is 13.5. The fourth-order valence-corrected chi connectivity index (χ4v) is 3.46. The van der Waals surface area contributed by atoms with Gasteiger partial charge >= 0.3 is 0 Å². The van der Waals surface area contributed by atoms with E-state index in [-0.39, 0.29) is 24.1 Å². The lowest BCUT2D eigenvalue weighted by molar-refractivity contribution is 0.111. The van der Waals surface area contributed by atoms with Gasteiger partial charge in [-0.15, -0.1) is 15.3 Å². The molecule has 192 valence electrons. The lowest BCUT2D eigenvalue weighted by atomic mass is 10.1. The van der Waals surface area contributed by atoms with Crippen molar-refractivity contribution in [1.82, 2.24) is 30.4 Å². The summed E-state index contributed by atoms with van der Waals surface area (Å²) in [6.45, 7) is -0.122. The molecule has 5 rings (SSSR count). The molecule has 38 heavy (non-hydrogen) atoms. The first-order valence-electron chi connectivity index (χ1n) is 11.1. The maximum absolute atomic E-state index is 13.5. The van der Waals surface area contributed by atoms with E-state index in [4.69, 9.17) is 18.7 Å². The van der Waals surface area contributed by atoms with Gasteiger partial charge in [-0.1, -0.05) is 35.5 Å². The molecule has 3 aromatic carbocycles. The summed E-state index contributed by atoms with van der Waals surface area (Å²) in [7, 11) is 3.14. The van der Waals surface area contributed by atoms with E-state index in [1.54, 1.807) is 19.2 Å². The van der Waals surface area contributed by atoms with Gasteiger partial charge in [0.05, 0.1) is 12.7 Å². The zero-order valence-corrected chi connectivity index (χ0v) is 20.1. The van der Waals surface area contributed by atoms with Crippen molar-refractivity contribution < 1.29 is 27.5 Å². The van der Waals surface area contributed by atoms with Gasteiger partial charge in [0.2, 0.25) is 5.82 Å². The van der Waals surface area contributed by atoms with Crippen molar-refractivity contribution in [3.63, 3.8) is 0 Å². The molecular formula is C25H19F2N7O4. The molecule has 2 aromatic heterocycles. The Morgan fingerprint density at radius 3 is 2.45 bits per heavy atom. The second-order valence-electron chi connectivity index (χ2n) is 7.78. The van der Waals surface area contributed by atoms with Crippen molar-refractivity contribution in [1.29, 1.82) is 0 Å². The predicted octanol–water partition coefficient (Wildman–Crippen LogP) is 4.31. The van der Waals surface area contributed by atoms with Crippen LogP contribution >= 0.6 is 0 Å². The molecule has 0 spiro atoms. The number of methoxy groups -OCH3 is 1. The number of ether oxygens (including phenoxy) is 2. The van der Waals surface area contributed by atoms with E-state index in [1.165, 1.54) is 17.9 Å². The van der Waals surface area contributed by atoms with Crippen LogP contribution in [0.4, 0.5) is 8.78 Å². The Hall–Kier alpha value is -5.20. The Morgan fingerprint density at radius 1 is 0.947 bits per heavy atom. The predicted molar refractivity (Wildman–Crippen MR) is 128 cm³/mol. The van der Waals surface area contributed by atoms with Gasteiger partial charge in [0.25, 0.3) is 11.8 Å². The number of benzene rings is 3. The van der Waals surface area contributed by atoms with E-state index in [0.29, 0.717) is 28.6 Å². The molecule has 2 heterocycles. The number of nitrogens with zero attached hydrogens (tertiary/aromatic N) is 7. The van der Waals surface area contributed by atoms with Crippen LogP contribution in [0.25, 0.3) is 11.5 Å². The van der Waals surface area contributed by atoms with Gasteiger partial charge in [0.15, 0.2) is 12.3 Å². The maximum Gasteiger partial charge on any atom is 0.257 e. The largest absolute Gasteiger partial charge is 0.496 e. The molecular weight excluding hydrogens is 500 g/mol. The van der Waals surface area contributed by atoms with E-state index >= 15 is 0 Å². The van der Waals surface area contributed by atoms with E-state index in [1.807, 2.05) is 30.3 Å². The number of oxime groups is 1. The Balaban J connectivity index is 1.32. The summed E-state index contributed by atoms with van der Waals surface area (Å²) >= 11 is 0. The fourth-order valence-electron chi connectivity index (χ4n) is 3.46. The molecule has 0 N–H and O–H groups in total. The number of aryl methyl sites for hydroxylation is 1. The molecule has 0 atom stereocenters. The first-order valence-corrected chi connectivity index (χ1v) is 11.1. The first-order chi connectivity index (χ1) is 18.5. The standard InChI is InChI=1S/C25H19F2N7O4/c1-34-24(29-32-33-34)23(15-6-4-3-5-7-15)31-36-14-22-28-30-25(38-22)20-9-8-18(13-21(20)35-2)37-19-11-16(26)10-17(27)12-19/h3-13H,14H2,1-2H3/b31-23-. The topological polar surface area (TPSA) is 123 Å². The molecule has 0 saturated heterocycles. The molecule has 11 nitrogen and oxygen atoms in total. The van der Waals surface area contributed by atoms with Crippen molar-refractivity contribution in [3.05, 3.63) is 95.6 Å². The Labute approximate surface area is 214 Å². The zero-order valence-electron chi connectivity index (χ0n) is 20.1. The molecule has 0 radical (unpaired) electrons. The smallest absolute Gasteiger partial charge is 0.257 e. The van der Waals surface area contributed by atoms with Crippen LogP contribution in [0.5, 0.6) is 17.2 Å². The van der Waals surface area contributed by atoms with Gasteiger partial charge in [-0.2, -0.15) is 0 Å². The summed E-state index contributed by atoms with van der Waals surface area (Å²) in [5.74, 6) is -0.138. The average molecular weight is 519 g/mol. The van der Waals surface area contributed by atoms with Crippen molar-refractivity contribution in [2.24, 2.45) is 12.2 Å². The van der Waals surface area contributed by atoms with Crippen LogP contribution in [-0.4, -0.2) is 43.2 Å². The minimum absolute atomic E-state index is 0.00191. The van der Waals surface area contributed by atoms with Crippen LogP contribution in [-0.2, 0) is 18.5 Å². The summed E-state index contributed by atoms with van der Waals surface area (Å²) in [5, 5.41) is 23.8. The Bertz CT molecular complexity index is 1570. The fraction of sp³-hybridized carbons (Fsp3) is 0.120. The minimum Gasteiger partial charge on any atom is -0.496 e. The van der Waals surface area contributed by atoms with Crippen molar-refractivity contribution in [2.75, 3.05) is 7.11 Å². The average Bonchev–Trinajstić information content (AvgIpc) is 3.55. The molecule has 0 saturated carbocycles. The van der Waals surface area contributed by atoms with Gasteiger partial charge in [-0.25, -0.2) is 13.5 Å². The summed E-state index contributed by atoms with van der Waals surface area (Å²) in [6, 6.07) is 16.9. The van der Waals surface area contributed by atoms with Gasteiger partial charge in [0, 0.05) is 36.9 Å². The molecule has 0 aliphatic heterocycles. The summed E-state index contributed by atoms with van der Waals surface area (Å²) in [5.41, 5.74) is 1.65.